The number of nitrogens with one attached hydrogen (secondary N) is 1. The Bertz CT molecular complexity index is 1240. The largest absolute Gasteiger partial charge is 0.321 e. The Morgan fingerprint density at radius 1 is 1.00 bits per heavy atom. The second kappa shape index (κ2) is 9.87. The number of amides is 1. The van der Waals surface area contributed by atoms with Crippen molar-refractivity contribution in [1.29, 1.82) is 0 Å². The van der Waals surface area contributed by atoms with Crippen LogP contribution in [0.3, 0.4) is 0 Å². The van der Waals surface area contributed by atoms with E-state index in [4.69, 9.17) is 23.2 Å². The third-order valence-corrected chi connectivity index (χ3v) is 6.94. The van der Waals surface area contributed by atoms with Crippen LogP contribution in [0.2, 0.25) is 10.0 Å². The molecule has 0 aliphatic carbocycles. The monoisotopic (exact) mass is 495 g/mol. The van der Waals surface area contributed by atoms with Crippen molar-refractivity contribution in [2.24, 2.45) is 0 Å². The molecule has 0 atom stereocenters. The van der Waals surface area contributed by atoms with Gasteiger partial charge < -0.3 is 5.32 Å². The van der Waals surface area contributed by atoms with E-state index in [1.807, 2.05) is 0 Å². The Kier molecular flexibility index (Phi) is 7.40. The summed E-state index contributed by atoms with van der Waals surface area (Å²) in [6.45, 7) is -0.119. The lowest BCUT2D eigenvalue weighted by molar-refractivity contribution is 0.102. The number of hydrogen-bond donors (Lipinski definition) is 1. The molecule has 3 aromatic rings. The van der Waals surface area contributed by atoms with Gasteiger partial charge in [-0.2, -0.15) is 12.7 Å². The molecule has 1 amide bonds. The van der Waals surface area contributed by atoms with Crippen molar-refractivity contribution in [2.75, 3.05) is 23.7 Å². The van der Waals surface area contributed by atoms with Gasteiger partial charge in [-0.05, 0) is 48.0 Å². The Hall–Kier alpha value is -2.65. The second-order valence-corrected chi connectivity index (χ2v) is 9.93. The summed E-state index contributed by atoms with van der Waals surface area (Å²) in [5.74, 6) is -1.05. The van der Waals surface area contributed by atoms with E-state index in [1.165, 1.54) is 38.4 Å². The zero-order chi connectivity index (χ0) is 23.5. The maximum Gasteiger partial charge on any atom is 0.303 e. The Labute approximate surface area is 196 Å². The molecule has 0 bridgehead atoms. The van der Waals surface area contributed by atoms with Gasteiger partial charge in [0, 0.05) is 24.7 Å². The number of anilines is 2. The zero-order valence-electron chi connectivity index (χ0n) is 17.2. The van der Waals surface area contributed by atoms with Gasteiger partial charge in [-0.3, -0.25) is 9.10 Å². The summed E-state index contributed by atoms with van der Waals surface area (Å²) < 4.78 is 42.0. The molecule has 0 spiro atoms. The lowest BCUT2D eigenvalue weighted by atomic mass is 10.1. The fourth-order valence-corrected chi connectivity index (χ4v) is 4.41. The summed E-state index contributed by atoms with van der Waals surface area (Å²) in [6.07, 6.45) is 0. The van der Waals surface area contributed by atoms with Gasteiger partial charge in [-0.15, -0.1) is 0 Å². The van der Waals surface area contributed by atoms with E-state index >= 15 is 0 Å². The van der Waals surface area contributed by atoms with Crippen LogP contribution in [0.4, 0.5) is 15.8 Å². The summed E-state index contributed by atoms with van der Waals surface area (Å²) in [5.41, 5.74) is 1.25. The van der Waals surface area contributed by atoms with Crippen LogP contribution in [0, 0.1) is 5.82 Å². The SMILES string of the molecule is CN(C)S(=O)(=O)N(Cc1ccc(C(=O)Nc2ccc(Cl)cc2Cl)cc1)c1ccccc1F. The third kappa shape index (κ3) is 5.39. The molecule has 0 saturated carbocycles. The number of rotatable bonds is 7. The van der Waals surface area contributed by atoms with Crippen molar-refractivity contribution in [1.82, 2.24) is 4.31 Å². The first-order chi connectivity index (χ1) is 15.1. The lowest BCUT2D eigenvalue weighted by Crippen LogP contribution is -2.40. The molecule has 168 valence electrons. The van der Waals surface area contributed by atoms with E-state index in [0.717, 1.165) is 8.61 Å². The fourth-order valence-electron chi connectivity index (χ4n) is 2.85. The first-order valence-electron chi connectivity index (χ1n) is 9.39. The van der Waals surface area contributed by atoms with Gasteiger partial charge in [-0.1, -0.05) is 47.5 Å². The zero-order valence-corrected chi connectivity index (χ0v) is 19.5. The molecule has 1 N–H and O–H groups in total. The van der Waals surface area contributed by atoms with Crippen LogP contribution in [0.25, 0.3) is 0 Å². The topological polar surface area (TPSA) is 69.7 Å². The third-order valence-electron chi connectivity index (χ3n) is 4.58. The van der Waals surface area contributed by atoms with Gasteiger partial charge in [0.2, 0.25) is 0 Å². The number of para-hydroxylation sites is 1. The molecular formula is C22H20Cl2FN3O3S. The van der Waals surface area contributed by atoms with Crippen LogP contribution < -0.4 is 9.62 Å². The van der Waals surface area contributed by atoms with Crippen LogP contribution >= 0.6 is 23.2 Å². The number of hydrogen-bond acceptors (Lipinski definition) is 3. The lowest BCUT2D eigenvalue weighted by Gasteiger charge is -2.27. The predicted molar refractivity (Wildman–Crippen MR) is 126 cm³/mol. The molecule has 0 fully saturated rings. The van der Waals surface area contributed by atoms with E-state index in [-0.39, 0.29) is 12.2 Å². The smallest absolute Gasteiger partial charge is 0.303 e. The summed E-state index contributed by atoms with van der Waals surface area (Å²) in [5, 5.41) is 3.45. The molecule has 0 aliphatic rings. The highest BCUT2D eigenvalue weighted by atomic mass is 35.5. The highest BCUT2D eigenvalue weighted by Crippen LogP contribution is 2.27. The summed E-state index contributed by atoms with van der Waals surface area (Å²) in [6, 6.07) is 16.7. The van der Waals surface area contributed by atoms with Crippen molar-refractivity contribution in [3.63, 3.8) is 0 Å². The van der Waals surface area contributed by atoms with Crippen molar-refractivity contribution in [3.05, 3.63) is 93.7 Å². The van der Waals surface area contributed by atoms with Gasteiger partial charge >= 0.3 is 10.2 Å². The molecule has 0 saturated heterocycles. The van der Waals surface area contributed by atoms with Crippen LogP contribution in [-0.4, -0.2) is 32.7 Å². The fraction of sp³-hybridized carbons (Fsp3) is 0.136. The average Bonchev–Trinajstić information content (AvgIpc) is 2.75. The molecule has 32 heavy (non-hydrogen) atoms. The number of benzene rings is 3. The minimum absolute atomic E-state index is 0.0691. The first-order valence-corrected chi connectivity index (χ1v) is 11.5. The molecule has 3 aromatic carbocycles. The maximum absolute atomic E-state index is 14.4. The van der Waals surface area contributed by atoms with Crippen LogP contribution in [0.15, 0.2) is 66.7 Å². The molecule has 0 heterocycles. The number of carbonyl (C=O) groups is 1. The quantitative estimate of drug-likeness (QED) is 0.489. The van der Waals surface area contributed by atoms with E-state index < -0.39 is 21.9 Å². The molecule has 0 radical (unpaired) electrons. The van der Waals surface area contributed by atoms with Crippen molar-refractivity contribution < 1.29 is 17.6 Å². The first kappa shape index (κ1) is 24.0. The van der Waals surface area contributed by atoms with Crippen molar-refractivity contribution >= 4 is 50.7 Å². The van der Waals surface area contributed by atoms with Gasteiger partial charge in [0.15, 0.2) is 0 Å². The van der Waals surface area contributed by atoms with Crippen LogP contribution in [-0.2, 0) is 16.8 Å². The van der Waals surface area contributed by atoms with Gasteiger partial charge in [-0.25, -0.2) is 4.39 Å². The van der Waals surface area contributed by atoms with Gasteiger partial charge in [0.25, 0.3) is 5.91 Å². The molecule has 0 aliphatic heterocycles. The van der Waals surface area contributed by atoms with E-state index in [0.29, 0.717) is 26.9 Å². The number of carbonyl (C=O) groups excluding carboxylic acids is 1. The Morgan fingerprint density at radius 3 is 2.25 bits per heavy atom. The van der Waals surface area contributed by atoms with Gasteiger partial charge in [0.05, 0.1) is 22.9 Å². The van der Waals surface area contributed by atoms with Crippen molar-refractivity contribution in [2.45, 2.75) is 6.54 Å². The normalized spacial score (nSPS) is 11.4. The van der Waals surface area contributed by atoms with Crippen LogP contribution in [0.5, 0.6) is 0 Å². The van der Waals surface area contributed by atoms with Crippen LogP contribution in [0.1, 0.15) is 15.9 Å². The molecule has 0 aromatic heterocycles. The Morgan fingerprint density at radius 2 is 1.66 bits per heavy atom. The second-order valence-electron chi connectivity index (χ2n) is 7.02. The van der Waals surface area contributed by atoms with E-state index in [9.17, 15) is 17.6 Å². The Balaban J connectivity index is 1.83. The molecule has 3 rings (SSSR count). The summed E-state index contributed by atoms with van der Waals surface area (Å²) in [4.78, 5) is 12.5. The van der Waals surface area contributed by atoms with E-state index in [2.05, 4.69) is 5.32 Å². The van der Waals surface area contributed by atoms with Gasteiger partial charge in [0.1, 0.15) is 5.82 Å². The molecule has 6 nitrogen and oxygen atoms in total. The van der Waals surface area contributed by atoms with Crippen molar-refractivity contribution in [3.8, 4) is 0 Å². The molecular weight excluding hydrogens is 476 g/mol. The standard InChI is InChI=1S/C22H20Cl2FN3O3S/c1-27(2)32(30,31)28(21-6-4-3-5-19(21)25)14-15-7-9-16(10-8-15)22(29)26-20-12-11-17(23)13-18(20)24/h3-13H,14H2,1-2H3,(H,26,29). The number of nitrogens with zero attached hydrogens (tertiary/aromatic N) is 2. The average molecular weight is 496 g/mol. The summed E-state index contributed by atoms with van der Waals surface area (Å²) >= 11 is 12.0. The molecule has 10 heteroatoms. The highest BCUT2D eigenvalue weighted by Gasteiger charge is 2.27. The maximum atomic E-state index is 14.4. The summed E-state index contributed by atoms with van der Waals surface area (Å²) in [7, 11) is -1.22. The number of halogens is 3. The highest BCUT2D eigenvalue weighted by molar-refractivity contribution is 7.90. The van der Waals surface area contributed by atoms with E-state index in [1.54, 1.807) is 42.5 Å². The predicted octanol–water partition coefficient (Wildman–Crippen LogP) is 5.20. The molecule has 0 unspecified atom stereocenters. The minimum atomic E-state index is -3.97. The minimum Gasteiger partial charge on any atom is -0.321 e.